The van der Waals surface area contributed by atoms with Crippen molar-refractivity contribution < 1.29 is 67.6 Å². The molecule has 1 aliphatic rings. The second-order valence-electron chi connectivity index (χ2n) is 6.87. The SMILES string of the molecule is C=CCOC1CC(C(O)(C(F)(F)F)C(F)(F)F)CC(C(O)(C(F)(F)F)C(F)(F)F)C1. The van der Waals surface area contributed by atoms with Gasteiger partial charge in [-0.3, -0.25) is 0 Å². The Labute approximate surface area is 161 Å². The number of alkyl halides is 12. The summed E-state index contributed by atoms with van der Waals surface area (Å²) in [4.78, 5) is 0. The Morgan fingerprint density at radius 3 is 1.20 bits per heavy atom. The molecule has 3 nitrogen and oxygen atoms in total. The molecule has 2 unspecified atom stereocenters. The second-order valence-corrected chi connectivity index (χ2v) is 6.87. The van der Waals surface area contributed by atoms with Crippen LogP contribution < -0.4 is 0 Å². The summed E-state index contributed by atoms with van der Waals surface area (Å²) in [6.07, 6.45) is -31.9. The molecule has 2 N–H and O–H groups in total. The van der Waals surface area contributed by atoms with E-state index in [0.29, 0.717) is 0 Å². The molecule has 0 aromatic carbocycles. The Kier molecular flexibility index (Phi) is 7.19. The van der Waals surface area contributed by atoms with E-state index in [2.05, 4.69) is 6.58 Å². The highest BCUT2D eigenvalue weighted by Crippen LogP contribution is 2.57. The van der Waals surface area contributed by atoms with Crippen molar-refractivity contribution in [1.82, 2.24) is 0 Å². The molecule has 0 aliphatic heterocycles. The van der Waals surface area contributed by atoms with Gasteiger partial charge in [0.05, 0.1) is 12.7 Å². The van der Waals surface area contributed by atoms with E-state index in [1.54, 1.807) is 0 Å². The first-order valence-corrected chi connectivity index (χ1v) is 8.08. The van der Waals surface area contributed by atoms with Crippen LogP contribution in [0.2, 0.25) is 0 Å². The molecule has 0 bridgehead atoms. The van der Waals surface area contributed by atoms with Crippen LogP contribution in [0.15, 0.2) is 12.7 Å². The number of aliphatic hydroxyl groups is 2. The predicted molar refractivity (Wildman–Crippen MR) is 74.9 cm³/mol. The van der Waals surface area contributed by atoms with Gasteiger partial charge in [-0.2, -0.15) is 52.7 Å². The smallest absolute Gasteiger partial charge is 0.374 e. The van der Waals surface area contributed by atoms with E-state index in [4.69, 9.17) is 4.74 Å². The highest BCUT2D eigenvalue weighted by molar-refractivity contribution is 5.08. The van der Waals surface area contributed by atoms with Crippen LogP contribution in [0.1, 0.15) is 19.3 Å². The molecule has 0 heterocycles. The van der Waals surface area contributed by atoms with Crippen LogP contribution in [-0.2, 0) is 4.74 Å². The van der Waals surface area contributed by atoms with Crippen LogP contribution in [0.5, 0.6) is 0 Å². The molecule has 0 amide bonds. The average Bonchev–Trinajstić information content (AvgIpc) is 2.53. The lowest BCUT2D eigenvalue weighted by Gasteiger charge is -2.48. The first kappa shape index (κ1) is 26.8. The molecule has 0 aromatic heterocycles. The van der Waals surface area contributed by atoms with Gasteiger partial charge in [-0.15, -0.1) is 6.58 Å². The van der Waals surface area contributed by atoms with Crippen molar-refractivity contribution in [2.75, 3.05) is 6.61 Å². The molecule has 2 atom stereocenters. The molecule has 0 aromatic rings. The van der Waals surface area contributed by atoms with E-state index >= 15 is 0 Å². The van der Waals surface area contributed by atoms with Crippen LogP contribution in [0, 0.1) is 11.8 Å². The summed E-state index contributed by atoms with van der Waals surface area (Å²) in [5.41, 5.74) is -11.3. The molecule has 30 heavy (non-hydrogen) atoms. The number of hydrogen-bond donors (Lipinski definition) is 2. The summed E-state index contributed by atoms with van der Waals surface area (Å²) >= 11 is 0. The molecule has 15 heteroatoms. The zero-order valence-corrected chi connectivity index (χ0v) is 14.7. The number of ether oxygens (including phenoxy) is 1. The van der Waals surface area contributed by atoms with Crippen LogP contribution in [0.4, 0.5) is 52.7 Å². The molecule has 1 saturated carbocycles. The van der Waals surface area contributed by atoms with Crippen molar-refractivity contribution in [2.45, 2.75) is 61.3 Å². The van der Waals surface area contributed by atoms with Crippen molar-refractivity contribution in [3.8, 4) is 0 Å². The maximum Gasteiger partial charge on any atom is 0.426 e. The summed E-state index contributed by atoms with van der Waals surface area (Å²) in [7, 11) is 0. The van der Waals surface area contributed by atoms with E-state index in [9.17, 15) is 62.9 Å². The Bertz CT molecular complexity index is 530. The molecule has 1 aliphatic carbocycles. The zero-order valence-electron chi connectivity index (χ0n) is 14.7. The van der Waals surface area contributed by atoms with Gasteiger partial charge in [0.15, 0.2) is 0 Å². The average molecular weight is 472 g/mol. The molecule has 1 rings (SSSR count). The minimum atomic E-state index is -6.49. The maximum absolute atomic E-state index is 13.1. The van der Waals surface area contributed by atoms with Gasteiger partial charge < -0.3 is 14.9 Å². The molecule has 0 spiro atoms. The fraction of sp³-hybridized carbons (Fsp3) is 0.867. The topological polar surface area (TPSA) is 49.7 Å². The summed E-state index contributed by atoms with van der Waals surface area (Å²) < 4.78 is 162. The van der Waals surface area contributed by atoms with Crippen LogP contribution in [-0.4, -0.2) is 58.8 Å². The third kappa shape index (κ3) is 4.52. The summed E-state index contributed by atoms with van der Waals surface area (Å²) in [5.74, 6) is -6.44. The lowest BCUT2D eigenvalue weighted by atomic mass is 9.65. The summed E-state index contributed by atoms with van der Waals surface area (Å²) in [6, 6.07) is 0. The van der Waals surface area contributed by atoms with Crippen molar-refractivity contribution in [3.05, 3.63) is 12.7 Å². The van der Waals surface area contributed by atoms with Gasteiger partial charge >= 0.3 is 24.7 Å². The molecule has 0 radical (unpaired) electrons. The van der Waals surface area contributed by atoms with E-state index in [0.717, 1.165) is 6.08 Å². The Morgan fingerprint density at radius 2 is 0.967 bits per heavy atom. The number of rotatable bonds is 5. The van der Waals surface area contributed by atoms with E-state index in [1.165, 1.54) is 0 Å². The van der Waals surface area contributed by atoms with E-state index < -0.39 is 79.7 Å². The number of halogens is 12. The fourth-order valence-corrected chi connectivity index (χ4v) is 3.54. The molecular weight excluding hydrogens is 456 g/mol. The van der Waals surface area contributed by atoms with Gasteiger partial charge in [-0.1, -0.05) is 6.08 Å². The maximum atomic E-state index is 13.1. The van der Waals surface area contributed by atoms with Crippen molar-refractivity contribution in [1.29, 1.82) is 0 Å². The molecule has 1 fully saturated rings. The summed E-state index contributed by atoms with van der Waals surface area (Å²) in [5, 5.41) is 18.9. The predicted octanol–water partition coefficient (Wildman–Crippen LogP) is 4.69. The van der Waals surface area contributed by atoms with Gasteiger partial charge in [-0.25, -0.2) is 0 Å². The van der Waals surface area contributed by atoms with E-state index in [-0.39, 0.29) is 0 Å². The first-order valence-electron chi connectivity index (χ1n) is 8.08. The lowest BCUT2D eigenvalue weighted by Crippen LogP contribution is -2.67. The zero-order chi connectivity index (χ0) is 24.0. The normalized spacial score (nSPS) is 25.3. The van der Waals surface area contributed by atoms with Gasteiger partial charge in [0.25, 0.3) is 11.2 Å². The van der Waals surface area contributed by atoms with E-state index in [1.807, 2.05) is 0 Å². The van der Waals surface area contributed by atoms with Gasteiger partial charge in [0.1, 0.15) is 0 Å². The summed E-state index contributed by atoms with van der Waals surface area (Å²) in [6.45, 7) is 2.47. The lowest BCUT2D eigenvalue weighted by molar-refractivity contribution is -0.405. The standard InChI is InChI=1S/C15H16F12O3/c1-2-3-30-9-5-7(10(28,12(16,17)18)13(19,20)21)4-8(6-9)11(29,14(22,23)24)15(25,26)27/h2,7-9,28-29H,1,3-6H2. The largest absolute Gasteiger partial charge is 0.426 e. The third-order valence-corrected chi connectivity index (χ3v) is 5.02. The quantitative estimate of drug-likeness (QED) is 0.451. The molecular formula is C15H16F12O3. The van der Waals surface area contributed by atoms with Crippen molar-refractivity contribution >= 4 is 0 Å². The van der Waals surface area contributed by atoms with Gasteiger partial charge in [-0.05, 0) is 19.3 Å². The third-order valence-electron chi connectivity index (χ3n) is 5.02. The highest BCUT2D eigenvalue weighted by Gasteiger charge is 2.78. The van der Waals surface area contributed by atoms with Crippen molar-refractivity contribution in [3.63, 3.8) is 0 Å². The van der Waals surface area contributed by atoms with Crippen LogP contribution >= 0.6 is 0 Å². The Hall–Kier alpha value is -1.22. The van der Waals surface area contributed by atoms with Crippen LogP contribution in [0.25, 0.3) is 0 Å². The Morgan fingerprint density at radius 1 is 0.667 bits per heavy atom. The minimum absolute atomic E-state index is 0.628. The minimum Gasteiger partial charge on any atom is -0.374 e. The van der Waals surface area contributed by atoms with Gasteiger partial charge in [0, 0.05) is 11.8 Å². The fourth-order valence-electron chi connectivity index (χ4n) is 3.54. The Balaban J connectivity index is 3.59. The van der Waals surface area contributed by atoms with Crippen LogP contribution in [0.3, 0.4) is 0 Å². The second kappa shape index (κ2) is 8.04. The monoisotopic (exact) mass is 472 g/mol. The molecule has 178 valence electrons. The number of hydrogen-bond acceptors (Lipinski definition) is 3. The van der Waals surface area contributed by atoms with Gasteiger partial charge in [0.2, 0.25) is 0 Å². The first-order chi connectivity index (χ1) is 13.1. The highest BCUT2D eigenvalue weighted by atomic mass is 19.4. The van der Waals surface area contributed by atoms with Crippen molar-refractivity contribution in [2.24, 2.45) is 11.8 Å². The molecule has 0 saturated heterocycles.